The van der Waals surface area contributed by atoms with Crippen LogP contribution in [0.25, 0.3) is 0 Å². The summed E-state index contributed by atoms with van der Waals surface area (Å²) < 4.78 is 0. The number of hydrogen-bond donors (Lipinski definition) is 1. The van der Waals surface area contributed by atoms with E-state index >= 15 is 0 Å². The van der Waals surface area contributed by atoms with Crippen molar-refractivity contribution < 1.29 is 0 Å². The van der Waals surface area contributed by atoms with E-state index in [9.17, 15) is 0 Å². The summed E-state index contributed by atoms with van der Waals surface area (Å²) in [6.07, 6.45) is 6.65. The zero-order chi connectivity index (χ0) is 13.9. The van der Waals surface area contributed by atoms with E-state index in [0.717, 1.165) is 37.3 Å². The largest absolute Gasteiger partial charge is 0.357 e. The first-order chi connectivity index (χ1) is 9.70. The predicted molar refractivity (Wildman–Crippen MR) is 84.1 cm³/mol. The molecule has 1 aromatic rings. The molecule has 20 heavy (non-hydrogen) atoms. The zero-order valence-corrected chi connectivity index (χ0v) is 12.9. The number of aromatic nitrogens is 1. The second kappa shape index (κ2) is 6.13. The Kier molecular flexibility index (Phi) is 4.25. The molecular formula is C17H27N3. The van der Waals surface area contributed by atoms with Crippen LogP contribution in [0.15, 0.2) is 12.1 Å². The summed E-state index contributed by atoms with van der Waals surface area (Å²) in [6, 6.07) is 5.28. The molecule has 110 valence electrons. The van der Waals surface area contributed by atoms with Crippen LogP contribution >= 0.6 is 0 Å². The molecule has 0 spiro atoms. The van der Waals surface area contributed by atoms with Gasteiger partial charge in [0.25, 0.3) is 0 Å². The van der Waals surface area contributed by atoms with Gasteiger partial charge in [0.2, 0.25) is 0 Å². The number of anilines is 1. The van der Waals surface area contributed by atoms with Gasteiger partial charge in [0, 0.05) is 31.4 Å². The summed E-state index contributed by atoms with van der Waals surface area (Å²) in [5, 5.41) is 3.60. The first-order valence-corrected chi connectivity index (χ1v) is 8.16. The number of pyridine rings is 1. The van der Waals surface area contributed by atoms with Gasteiger partial charge in [0.15, 0.2) is 0 Å². The third-order valence-electron chi connectivity index (χ3n) is 4.51. The van der Waals surface area contributed by atoms with Crippen LogP contribution in [0.1, 0.15) is 50.3 Å². The van der Waals surface area contributed by atoms with E-state index < -0.39 is 0 Å². The number of nitrogens with zero attached hydrogens (tertiary/aromatic N) is 2. The van der Waals surface area contributed by atoms with Crippen LogP contribution in [0.2, 0.25) is 0 Å². The van der Waals surface area contributed by atoms with Crippen LogP contribution < -0.4 is 10.2 Å². The predicted octanol–water partition coefficient (Wildman–Crippen LogP) is 3.27. The third kappa shape index (κ3) is 3.72. The Bertz CT molecular complexity index is 454. The molecule has 0 radical (unpaired) electrons. The van der Waals surface area contributed by atoms with Crippen molar-refractivity contribution in [2.75, 3.05) is 18.0 Å². The smallest absolute Gasteiger partial charge is 0.129 e. The molecule has 0 bridgehead atoms. The molecule has 1 saturated carbocycles. The van der Waals surface area contributed by atoms with Gasteiger partial charge in [-0.05, 0) is 62.6 Å². The van der Waals surface area contributed by atoms with Crippen molar-refractivity contribution >= 4 is 5.82 Å². The lowest BCUT2D eigenvalue weighted by Gasteiger charge is -2.22. The molecule has 3 nitrogen and oxygen atoms in total. The summed E-state index contributed by atoms with van der Waals surface area (Å²) in [5.74, 6) is 2.05. The SMILES string of the molecule is Cc1cc(CNC2CC2)cc(N2CCCC(C)CC2)n1. The van der Waals surface area contributed by atoms with Gasteiger partial charge in [-0.1, -0.05) is 6.92 Å². The van der Waals surface area contributed by atoms with Gasteiger partial charge < -0.3 is 10.2 Å². The monoisotopic (exact) mass is 273 g/mol. The minimum atomic E-state index is 0.769. The highest BCUT2D eigenvalue weighted by atomic mass is 15.2. The second-order valence-corrected chi connectivity index (χ2v) is 6.65. The maximum atomic E-state index is 4.77. The molecule has 2 fully saturated rings. The Morgan fingerprint density at radius 1 is 1.20 bits per heavy atom. The lowest BCUT2D eigenvalue weighted by atomic mass is 10.0. The van der Waals surface area contributed by atoms with Crippen molar-refractivity contribution in [3.05, 3.63) is 23.4 Å². The van der Waals surface area contributed by atoms with E-state index in [2.05, 4.69) is 36.2 Å². The average Bonchev–Trinajstić information content (AvgIpc) is 3.23. The summed E-state index contributed by atoms with van der Waals surface area (Å²) in [7, 11) is 0. The highest BCUT2D eigenvalue weighted by Crippen LogP contribution is 2.23. The highest BCUT2D eigenvalue weighted by molar-refractivity contribution is 5.43. The third-order valence-corrected chi connectivity index (χ3v) is 4.51. The van der Waals surface area contributed by atoms with E-state index in [1.54, 1.807) is 0 Å². The van der Waals surface area contributed by atoms with Gasteiger partial charge in [0.05, 0.1) is 0 Å². The summed E-state index contributed by atoms with van der Waals surface area (Å²) in [4.78, 5) is 7.25. The maximum absolute atomic E-state index is 4.77. The van der Waals surface area contributed by atoms with Crippen molar-refractivity contribution in [3.8, 4) is 0 Å². The molecule has 1 unspecified atom stereocenters. The Morgan fingerprint density at radius 3 is 2.85 bits per heavy atom. The van der Waals surface area contributed by atoms with Crippen molar-refractivity contribution in [2.45, 2.75) is 58.5 Å². The minimum Gasteiger partial charge on any atom is -0.357 e. The van der Waals surface area contributed by atoms with E-state index in [1.165, 1.54) is 43.5 Å². The van der Waals surface area contributed by atoms with Gasteiger partial charge in [-0.3, -0.25) is 0 Å². The van der Waals surface area contributed by atoms with Crippen molar-refractivity contribution in [1.82, 2.24) is 10.3 Å². The van der Waals surface area contributed by atoms with Crippen molar-refractivity contribution in [2.24, 2.45) is 5.92 Å². The first-order valence-electron chi connectivity index (χ1n) is 8.16. The van der Waals surface area contributed by atoms with Gasteiger partial charge in [-0.2, -0.15) is 0 Å². The van der Waals surface area contributed by atoms with Crippen LogP contribution in [0.3, 0.4) is 0 Å². The van der Waals surface area contributed by atoms with Gasteiger partial charge in [-0.25, -0.2) is 4.98 Å². The fraction of sp³-hybridized carbons (Fsp3) is 0.706. The molecule has 1 atom stereocenters. The van der Waals surface area contributed by atoms with Crippen LogP contribution in [0.5, 0.6) is 0 Å². The van der Waals surface area contributed by atoms with Crippen LogP contribution in [-0.2, 0) is 6.54 Å². The molecule has 2 heterocycles. The van der Waals surface area contributed by atoms with Crippen molar-refractivity contribution in [3.63, 3.8) is 0 Å². The summed E-state index contributed by atoms with van der Waals surface area (Å²) in [6.45, 7) is 7.80. The minimum absolute atomic E-state index is 0.769. The van der Waals surface area contributed by atoms with E-state index in [-0.39, 0.29) is 0 Å². The fourth-order valence-corrected chi connectivity index (χ4v) is 3.03. The quantitative estimate of drug-likeness (QED) is 0.912. The Hall–Kier alpha value is -1.09. The molecule has 1 aliphatic carbocycles. The molecule has 2 aliphatic rings. The maximum Gasteiger partial charge on any atom is 0.129 e. The van der Waals surface area contributed by atoms with Gasteiger partial charge >= 0.3 is 0 Å². The van der Waals surface area contributed by atoms with E-state index in [4.69, 9.17) is 4.98 Å². The van der Waals surface area contributed by atoms with Gasteiger partial charge in [0.1, 0.15) is 5.82 Å². The fourth-order valence-electron chi connectivity index (χ4n) is 3.03. The summed E-state index contributed by atoms with van der Waals surface area (Å²) >= 11 is 0. The Morgan fingerprint density at radius 2 is 2.05 bits per heavy atom. The highest BCUT2D eigenvalue weighted by Gasteiger charge is 2.20. The first kappa shape index (κ1) is 13.9. The lowest BCUT2D eigenvalue weighted by molar-refractivity contribution is 0.521. The summed E-state index contributed by atoms with van der Waals surface area (Å²) in [5.41, 5.74) is 2.53. The number of aryl methyl sites for hydroxylation is 1. The normalized spacial score (nSPS) is 23.7. The van der Waals surface area contributed by atoms with Crippen LogP contribution in [0, 0.1) is 12.8 Å². The lowest BCUT2D eigenvalue weighted by Crippen LogP contribution is -2.26. The molecule has 3 heteroatoms. The second-order valence-electron chi connectivity index (χ2n) is 6.65. The van der Waals surface area contributed by atoms with Gasteiger partial charge in [-0.15, -0.1) is 0 Å². The van der Waals surface area contributed by atoms with Crippen molar-refractivity contribution in [1.29, 1.82) is 0 Å². The molecule has 0 aromatic carbocycles. The number of nitrogens with one attached hydrogen (secondary N) is 1. The molecule has 3 rings (SSSR count). The van der Waals surface area contributed by atoms with Crippen LogP contribution in [0.4, 0.5) is 5.82 Å². The molecule has 1 saturated heterocycles. The molecule has 1 aromatic heterocycles. The number of rotatable bonds is 4. The van der Waals surface area contributed by atoms with E-state index in [1.807, 2.05) is 0 Å². The Balaban J connectivity index is 1.70. The molecule has 0 amide bonds. The molecular weight excluding hydrogens is 246 g/mol. The number of hydrogen-bond acceptors (Lipinski definition) is 3. The topological polar surface area (TPSA) is 28.2 Å². The Labute approximate surface area is 122 Å². The standard InChI is InChI=1S/C17H27N3/c1-13-4-3-8-20(9-7-13)17-11-15(10-14(2)19-17)12-18-16-5-6-16/h10-11,13,16,18H,3-9,12H2,1-2H3. The zero-order valence-electron chi connectivity index (χ0n) is 12.9. The van der Waals surface area contributed by atoms with E-state index in [0.29, 0.717) is 0 Å². The molecule has 1 aliphatic heterocycles. The molecule has 1 N–H and O–H groups in total. The van der Waals surface area contributed by atoms with Crippen LogP contribution in [-0.4, -0.2) is 24.1 Å². The average molecular weight is 273 g/mol.